The number of benzene rings is 1. The van der Waals surface area contributed by atoms with E-state index in [0.29, 0.717) is 12.1 Å². The Morgan fingerprint density at radius 1 is 1.11 bits per heavy atom. The SMILES string of the molecule is CN1CCCN(Cc2cc(F)c(O)c(F)c2)CC1. The van der Waals surface area contributed by atoms with Crippen molar-refractivity contribution < 1.29 is 13.9 Å². The summed E-state index contributed by atoms with van der Waals surface area (Å²) in [7, 11) is 2.07. The van der Waals surface area contributed by atoms with Crippen molar-refractivity contribution in [1.82, 2.24) is 9.80 Å². The number of nitrogens with zero attached hydrogens (tertiary/aromatic N) is 2. The second-order valence-corrected chi connectivity index (χ2v) is 4.84. The van der Waals surface area contributed by atoms with Crippen LogP contribution in [0.4, 0.5) is 8.78 Å². The van der Waals surface area contributed by atoms with Gasteiger partial charge in [-0.2, -0.15) is 0 Å². The highest BCUT2D eigenvalue weighted by molar-refractivity contribution is 5.30. The van der Waals surface area contributed by atoms with Gasteiger partial charge in [-0.15, -0.1) is 0 Å². The number of hydrogen-bond donors (Lipinski definition) is 1. The molecule has 1 aromatic carbocycles. The lowest BCUT2D eigenvalue weighted by atomic mass is 10.2. The van der Waals surface area contributed by atoms with Crippen LogP contribution in [0.5, 0.6) is 5.75 Å². The highest BCUT2D eigenvalue weighted by Crippen LogP contribution is 2.22. The fourth-order valence-corrected chi connectivity index (χ4v) is 2.23. The molecule has 0 saturated carbocycles. The maximum Gasteiger partial charge on any atom is 0.187 e. The fourth-order valence-electron chi connectivity index (χ4n) is 2.23. The van der Waals surface area contributed by atoms with Crippen molar-refractivity contribution in [2.45, 2.75) is 13.0 Å². The van der Waals surface area contributed by atoms with E-state index in [9.17, 15) is 8.78 Å². The van der Waals surface area contributed by atoms with E-state index in [-0.39, 0.29) is 0 Å². The summed E-state index contributed by atoms with van der Waals surface area (Å²) in [6.45, 7) is 4.34. The van der Waals surface area contributed by atoms with Gasteiger partial charge < -0.3 is 10.0 Å². The molecule has 1 heterocycles. The molecule has 0 spiro atoms. The molecule has 0 atom stereocenters. The molecule has 0 aliphatic carbocycles. The average molecular weight is 256 g/mol. The molecule has 100 valence electrons. The molecule has 5 heteroatoms. The van der Waals surface area contributed by atoms with Gasteiger partial charge in [0.25, 0.3) is 0 Å². The first kappa shape index (κ1) is 13.2. The van der Waals surface area contributed by atoms with E-state index in [2.05, 4.69) is 16.8 Å². The van der Waals surface area contributed by atoms with Crippen LogP contribution < -0.4 is 0 Å². The third-order valence-electron chi connectivity index (χ3n) is 3.29. The Bertz CT molecular complexity index is 402. The summed E-state index contributed by atoms with van der Waals surface area (Å²) in [6, 6.07) is 2.40. The van der Waals surface area contributed by atoms with Gasteiger partial charge in [-0.1, -0.05) is 0 Å². The molecule has 1 aliphatic heterocycles. The topological polar surface area (TPSA) is 26.7 Å². The van der Waals surface area contributed by atoms with E-state index >= 15 is 0 Å². The van der Waals surface area contributed by atoms with Crippen LogP contribution in [0.3, 0.4) is 0 Å². The van der Waals surface area contributed by atoms with Gasteiger partial charge in [0.15, 0.2) is 17.4 Å². The van der Waals surface area contributed by atoms with Crippen LogP contribution in [0.25, 0.3) is 0 Å². The molecule has 0 aromatic heterocycles. The lowest BCUT2D eigenvalue weighted by Crippen LogP contribution is -2.28. The first-order valence-corrected chi connectivity index (χ1v) is 6.14. The molecule has 0 unspecified atom stereocenters. The number of phenols is 1. The Morgan fingerprint density at radius 2 is 1.78 bits per heavy atom. The van der Waals surface area contributed by atoms with E-state index in [4.69, 9.17) is 5.11 Å². The van der Waals surface area contributed by atoms with E-state index in [1.54, 1.807) is 0 Å². The Balaban J connectivity index is 2.05. The average Bonchev–Trinajstić information content (AvgIpc) is 2.51. The molecular weight excluding hydrogens is 238 g/mol. The lowest BCUT2D eigenvalue weighted by molar-refractivity contribution is 0.268. The molecule has 1 N–H and O–H groups in total. The van der Waals surface area contributed by atoms with E-state index < -0.39 is 17.4 Å². The predicted molar refractivity (Wildman–Crippen MR) is 65.4 cm³/mol. The molecule has 2 rings (SSSR count). The van der Waals surface area contributed by atoms with Gasteiger partial charge in [0.05, 0.1) is 0 Å². The number of rotatable bonds is 2. The standard InChI is InChI=1S/C13H18F2N2O/c1-16-3-2-4-17(6-5-16)9-10-7-11(14)13(18)12(15)8-10/h7-8,18H,2-6,9H2,1H3. The van der Waals surface area contributed by atoms with Gasteiger partial charge in [-0.05, 0) is 44.3 Å². The lowest BCUT2D eigenvalue weighted by Gasteiger charge is -2.20. The fraction of sp³-hybridized carbons (Fsp3) is 0.538. The third kappa shape index (κ3) is 3.17. The van der Waals surface area contributed by atoms with Crippen LogP contribution in [0.1, 0.15) is 12.0 Å². The van der Waals surface area contributed by atoms with Crippen molar-refractivity contribution in [2.24, 2.45) is 0 Å². The van der Waals surface area contributed by atoms with Gasteiger partial charge >= 0.3 is 0 Å². The summed E-state index contributed by atoms with van der Waals surface area (Å²) >= 11 is 0. The van der Waals surface area contributed by atoms with Gasteiger partial charge in [0.1, 0.15) is 0 Å². The summed E-state index contributed by atoms with van der Waals surface area (Å²) in [6.07, 6.45) is 1.06. The minimum atomic E-state index is -0.894. The highest BCUT2D eigenvalue weighted by Gasteiger charge is 2.15. The molecular formula is C13H18F2N2O. The quantitative estimate of drug-likeness (QED) is 0.874. The summed E-state index contributed by atoms with van der Waals surface area (Å²) in [5, 5.41) is 9.05. The molecule has 3 nitrogen and oxygen atoms in total. The van der Waals surface area contributed by atoms with Crippen molar-refractivity contribution >= 4 is 0 Å². The second-order valence-electron chi connectivity index (χ2n) is 4.84. The van der Waals surface area contributed by atoms with Crippen molar-refractivity contribution in [2.75, 3.05) is 33.2 Å². The van der Waals surface area contributed by atoms with Crippen LogP contribution in [-0.2, 0) is 6.54 Å². The molecule has 1 aliphatic rings. The Labute approximate surface area is 106 Å². The monoisotopic (exact) mass is 256 g/mol. The van der Waals surface area contributed by atoms with Crippen molar-refractivity contribution in [1.29, 1.82) is 0 Å². The zero-order chi connectivity index (χ0) is 13.1. The molecule has 0 amide bonds. The van der Waals surface area contributed by atoms with Crippen LogP contribution in [-0.4, -0.2) is 48.1 Å². The van der Waals surface area contributed by atoms with Crippen molar-refractivity contribution in [3.8, 4) is 5.75 Å². The number of likely N-dealkylation sites (N-methyl/N-ethyl adjacent to an activating group) is 1. The minimum Gasteiger partial charge on any atom is -0.503 e. The summed E-state index contributed by atoms with van der Waals surface area (Å²) in [4.78, 5) is 4.42. The number of aromatic hydroxyl groups is 1. The van der Waals surface area contributed by atoms with E-state index in [1.807, 2.05) is 0 Å². The third-order valence-corrected chi connectivity index (χ3v) is 3.29. The van der Waals surface area contributed by atoms with Gasteiger partial charge in [-0.3, -0.25) is 4.90 Å². The summed E-state index contributed by atoms with van der Waals surface area (Å²) in [5.41, 5.74) is 0.562. The maximum atomic E-state index is 13.2. The van der Waals surface area contributed by atoms with E-state index in [1.165, 1.54) is 12.1 Å². The summed E-state index contributed by atoms with van der Waals surface area (Å²) in [5.74, 6) is -2.68. The van der Waals surface area contributed by atoms with Crippen molar-refractivity contribution in [3.63, 3.8) is 0 Å². The second kappa shape index (κ2) is 5.63. The zero-order valence-corrected chi connectivity index (χ0v) is 10.5. The Morgan fingerprint density at radius 3 is 2.44 bits per heavy atom. The highest BCUT2D eigenvalue weighted by atomic mass is 19.1. The predicted octanol–water partition coefficient (Wildman–Crippen LogP) is 1.81. The van der Waals surface area contributed by atoms with E-state index in [0.717, 1.165) is 32.6 Å². The molecule has 0 bridgehead atoms. The zero-order valence-electron chi connectivity index (χ0n) is 10.5. The number of phenolic OH excluding ortho intramolecular Hbond substituents is 1. The van der Waals surface area contributed by atoms with Crippen LogP contribution in [0.15, 0.2) is 12.1 Å². The maximum absolute atomic E-state index is 13.2. The molecule has 18 heavy (non-hydrogen) atoms. The Kier molecular flexibility index (Phi) is 4.14. The molecule has 0 radical (unpaired) electrons. The van der Waals surface area contributed by atoms with Crippen LogP contribution in [0, 0.1) is 11.6 Å². The summed E-state index contributed by atoms with van der Waals surface area (Å²) < 4.78 is 26.4. The number of hydrogen-bond acceptors (Lipinski definition) is 3. The van der Waals surface area contributed by atoms with Crippen molar-refractivity contribution in [3.05, 3.63) is 29.3 Å². The normalized spacial score (nSPS) is 18.8. The smallest absolute Gasteiger partial charge is 0.187 e. The van der Waals surface area contributed by atoms with Gasteiger partial charge in [-0.25, -0.2) is 8.78 Å². The molecule has 1 aromatic rings. The minimum absolute atomic E-state index is 0.516. The van der Waals surface area contributed by atoms with Crippen LogP contribution >= 0.6 is 0 Å². The Hall–Kier alpha value is -1.20. The number of halogens is 2. The van der Waals surface area contributed by atoms with Crippen LogP contribution in [0.2, 0.25) is 0 Å². The van der Waals surface area contributed by atoms with Gasteiger partial charge in [0.2, 0.25) is 0 Å². The molecule has 1 saturated heterocycles. The molecule has 1 fully saturated rings. The largest absolute Gasteiger partial charge is 0.503 e. The van der Waals surface area contributed by atoms with Gasteiger partial charge in [0, 0.05) is 19.6 Å². The first-order chi connectivity index (χ1) is 8.56. The first-order valence-electron chi connectivity index (χ1n) is 6.14.